The molecule has 9 rings (SSSR count). The minimum absolute atomic E-state index is 0.797. The number of rotatable bonds is 5. The van der Waals surface area contributed by atoms with Gasteiger partial charge in [-0.25, -0.2) is 0 Å². The van der Waals surface area contributed by atoms with E-state index < -0.39 is 0 Å². The fourth-order valence-corrected chi connectivity index (χ4v) is 7.43. The molecular formula is C44H31N. The minimum Gasteiger partial charge on any atom is -0.340 e. The van der Waals surface area contributed by atoms with Gasteiger partial charge in [-0.2, -0.15) is 0 Å². The van der Waals surface area contributed by atoms with Crippen LogP contribution in [-0.4, -0.2) is 0 Å². The smallest absolute Gasteiger partial charge is 0.0478 e. The van der Waals surface area contributed by atoms with Gasteiger partial charge in [0.1, 0.15) is 0 Å². The molecule has 3 aliphatic carbocycles. The maximum Gasteiger partial charge on any atom is 0.0478 e. The van der Waals surface area contributed by atoms with Crippen molar-refractivity contribution < 1.29 is 0 Å². The van der Waals surface area contributed by atoms with Crippen molar-refractivity contribution in [3.63, 3.8) is 0 Å². The van der Waals surface area contributed by atoms with Crippen LogP contribution in [0.25, 0.3) is 55.7 Å². The molecule has 0 spiro atoms. The van der Waals surface area contributed by atoms with Gasteiger partial charge in [0.05, 0.1) is 0 Å². The summed E-state index contributed by atoms with van der Waals surface area (Å²) in [4.78, 5) is 2.51. The molecule has 6 aromatic rings. The molecule has 0 unspecified atom stereocenters. The van der Waals surface area contributed by atoms with Crippen molar-refractivity contribution in [1.82, 2.24) is 0 Å². The lowest BCUT2D eigenvalue weighted by molar-refractivity contribution is 0.887. The van der Waals surface area contributed by atoms with Crippen LogP contribution in [0.1, 0.15) is 23.1 Å². The zero-order valence-electron chi connectivity index (χ0n) is 24.9. The van der Waals surface area contributed by atoms with Crippen LogP contribution in [0.2, 0.25) is 0 Å². The highest BCUT2D eigenvalue weighted by Crippen LogP contribution is 2.55. The second-order valence-corrected chi connectivity index (χ2v) is 12.1. The molecule has 6 bridgehead atoms. The molecule has 212 valence electrons. The van der Waals surface area contributed by atoms with Gasteiger partial charge in [0, 0.05) is 24.4 Å². The predicted molar refractivity (Wildman–Crippen MR) is 189 cm³/mol. The minimum atomic E-state index is 0.797. The number of benzene rings is 6. The van der Waals surface area contributed by atoms with Crippen molar-refractivity contribution in [3.8, 4) is 44.5 Å². The van der Waals surface area contributed by atoms with Crippen LogP contribution in [0.15, 0.2) is 170 Å². The first-order valence-electron chi connectivity index (χ1n) is 15.8. The molecule has 0 fully saturated rings. The van der Waals surface area contributed by atoms with E-state index in [1.807, 2.05) is 0 Å². The quantitative estimate of drug-likeness (QED) is 0.198. The normalized spacial score (nSPS) is 13.7. The van der Waals surface area contributed by atoms with Crippen LogP contribution in [0.3, 0.4) is 0 Å². The third-order valence-electron chi connectivity index (χ3n) is 9.49. The summed E-state index contributed by atoms with van der Waals surface area (Å²) in [5, 5.41) is 0. The molecule has 6 aromatic carbocycles. The molecule has 0 aliphatic heterocycles. The first kappa shape index (κ1) is 25.8. The molecule has 0 aromatic heterocycles. The Morgan fingerprint density at radius 1 is 0.444 bits per heavy atom. The number of nitrogens with zero attached hydrogens (tertiary/aromatic N) is 1. The lowest BCUT2D eigenvalue weighted by Crippen LogP contribution is -2.22. The van der Waals surface area contributed by atoms with E-state index in [4.69, 9.17) is 0 Å². The van der Waals surface area contributed by atoms with Gasteiger partial charge < -0.3 is 4.90 Å². The van der Waals surface area contributed by atoms with Crippen LogP contribution in [0, 0.1) is 0 Å². The number of fused-ring (bicyclic) bond motifs is 3. The van der Waals surface area contributed by atoms with Crippen molar-refractivity contribution in [1.29, 1.82) is 0 Å². The zero-order valence-corrected chi connectivity index (χ0v) is 24.9. The van der Waals surface area contributed by atoms with E-state index in [-0.39, 0.29) is 0 Å². The maximum absolute atomic E-state index is 2.51. The summed E-state index contributed by atoms with van der Waals surface area (Å²) in [6.07, 6.45) is 8.08. The molecule has 0 radical (unpaired) electrons. The number of anilines is 1. The Bertz CT molecular complexity index is 2180. The van der Waals surface area contributed by atoms with Gasteiger partial charge in [-0.15, -0.1) is 0 Å². The van der Waals surface area contributed by atoms with Gasteiger partial charge in [-0.3, -0.25) is 0 Å². The van der Waals surface area contributed by atoms with E-state index in [9.17, 15) is 0 Å². The standard InChI is InChI=1S/C44H31N/c1-3-12-30(13-4-1)29-45(33-26-24-32(25-27-33)31-14-5-2-6-15-31)34-16-9-19-40-42(28-34)41-23-11-22-38-39-21-10-20-37(44(39)40)35-17-7-8-18-36(35)43(38)41/h1-15,17-28H,16,29H2. The van der Waals surface area contributed by atoms with E-state index in [1.165, 1.54) is 83.7 Å². The number of allylic oxidation sites excluding steroid dienone is 5. The highest BCUT2D eigenvalue weighted by molar-refractivity contribution is 6.17. The van der Waals surface area contributed by atoms with Gasteiger partial charge >= 0.3 is 0 Å². The van der Waals surface area contributed by atoms with Crippen LogP contribution in [0.5, 0.6) is 0 Å². The Balaban J connectivity index is 1.25. The molecule has 0 amide bonds. The average Bonchev–Trinajstić information content (AvgIpc) is 3.38. The molecule has 1 nitrogen and oxygen atoms in total. The SMILES string of the molecule is C1=CC2=C(C=C(N(Cc3ccccc3)c3ccc(-c4ccccc4)cc3)C1)c1cccc3c1-c1ccccc1-c1cccc-3c12. The van der Waals surface area contributed by atoms with Crippen LogP contribution < -0.4 is 4.90 Å². The fraction of sp³-hybridized carbons (Fsp3) is 0.0455. The monoisotopic (exact) mass is 573 g/mol. The third kappa shape index (κ3) is 4.24. The molecule has 0 saturated heterocycles. The van der Waals surface area contributed by atoms with Crippen molar-refractivity contribution in [3.05, 3.63) is 186 Å². The van der Waals surface area contributed by atoms with E-state index in [0.29, 0.717) is 0 Å². The largest absolute Gasteiger partial charge is 0.340 e. The molecular weight excluding hydrogens is 542 g/mol. The molecule has 3 aliphatic rings. The lowest BCUT2D eigenvalue weighted by atomic mass is 9.83. The second-order valence-electron chi connectivity index (χ2n) is 12.1. The summed E-state index contributed by atoms with van der Waals surface area (Å²) in [7, 11) is 0. The average molecular weight is 574 g/mol. The Hall–Kier alpha value is -5.66. The lowest BCUT2D eigenvalue weighted by Gasteiger charge is -2.28. The van der Waals surface area contributed by atoms with Crippen molar-refractivity contribution in [2.45, 2.75) is 13.0 Å². The Morgan fingerprint density at radius 3 is 1.78 bits per heavy atom. The van der Waals surface area contributed by atoms with Gasteiger partial charge in [-0.05, 0) is 90.6 Å². The highest BCUT2D eigenvalue weighted by Gasteiger charge is 2.31. The van der Waals surface area contributed by atoms with Crippen LogP contribution >= 0.6 is 0 Å². The van der Waals surface area contributed by atoms with E-state index >= 15 is 0 Å². The molecule has 1 heteroatoms. The predicted octanol–water partition coefficient (Wildman–Crippen LogP) is 11.4. The van der Waals surface area contributed by atoms with Crippen molar-refractivity contribution >= 4 is 16.8 Å². The maximum atomic E-state index is 2.51. The van der Waals surface area contributed by atoms with Gasteiger partial charge in [0.25, 0.3) is 0 Å². The summed E-state index contributed by atoms with van der Waals surface area (Å²) < 4.78 is 0. The third-order valence-corrected chi connectivity index (χ3v) is 9.49. The Kier molecular flexibility index (Phi) is 6.02. The summed E-state index contributed by atoms with van der Waals surface area (Å²) in [6.45, 7) is 0.797. The van der Waals surface area contributed by atoms with Gasteiger partial charge in [-0.1, -0.05) is 146 Å². The molecule has 0 N–H and O–H groups in total. The number of hydrogen-bond donors (Lipinski definition) is 0. The van der Waals surface area contributed by atoms with Crippen LogP contribution in [0.4, 0.5) is 5.69 Å². The summed E-state index contributed by atoms with van der Waals surface area (Å²) >= 11 is 0. The fourth-order valence-electron chi connectivity index (χ4n) is 7.43. The Morgan fingerprint density at radius 2 is 1.02 bits per heavy atom. The topological polar surface area (TPSA) is 3.24 Å². The summed E-state index contributed by atoms with van der Waals surface area (Å²) in [6, 6.07) is 53.2. The first-order valence-corrected chi connectivity index (χ1v) is 15.8. The highest BCUT2D eigenvalue weighted by atomic mass is 15.1. The molecule has 0 heterocycles. The Labute approximate surface area is 264 Å². The van der Waals surface area contributed by atoms with Gasteiger partial charge in [0.15, 0.2) is 0 Å². The summed E-state index contributed by atoms with van der Waals surface area (Å²) in [5.74, 6) is 0. The molecule has 45 heavy (non-hydrogen) atoms. The van der Waals surface area contributed by atoms with Crippen LogP contribution in [-0.2, 0) is 6.54 Å². The summed E-state index contributed by atoms with van der Waals surface area (Å²) in [5.41, 5.74) is 19.4. The zero-order chi connectivity index (χ0) is 29.7. The number of hydrogen-bond acceptors (Lipinski definition) is 1. The van der Waals surface area contributed by atoms with Crippen molar-refractivity contribution in [2.75, 3.05) is 4.90 Å². The molecule has 0 saturated carbocycles. The van der Waals surface area contributed by atoms with Gasteiger partial charge in [0.2, 0.25) is 0 Å². The van der Waals surface area contributed by atoms with Crippen molar-refractivity contribution in [2.24, 2.45) is 0 Å². The molecule has 0 atom stereocenters. The van der Waals surface area contributed by atoms with E-state index in [2.05, 4.69) is 169 Å². The van der Waals surface area contributed by atoms with E-state index in [0.717, 1.165) is 13.0 Å². The van der Waals surface area contributed by atoms with E-state index in [1.54, 1.807) is 0 Å². The second kappa shape index (κ2) is 10.5. The first-order chi connectivity index (χ1) is 22.3.